The Morgan fingerprint density at radius 3 is 1.46 bits per heavy atom. The standard InChI is InChI=1S/C10H14O3/c1-5(2-8-7(1)12-8)11-6-3-9-10(4-6)13-9/h5-10H,1-4H2. The molecule has 0 radical (unpaired) electrons. The third kappa shape index (κ3) is 1.14. The molecule has 2 saturated heterocycles. The SMILES string of the molecule is C1C(OC2CC3OC3C2)CC2OC12. The van der Waals surface area contributed by atoms with E-state index in [0.717, 1.165) is 25.7 Å². The number of ether oxygens (including phenoxy) is 3. The van der Waals surface area contributed by atoms with Crippen molar-refractivity contribution < 1.29 is 14.2 Å². The third-order valence-corrected chi connectivity index (χ3v) is 3.74. The fourth-order valence-electron chi connectivity index (χ4n) is 2.91. The first-order valence-corrected chi connectivity index (χ1v) is 5.35. The van der Waals surface area contributed by atoms with Gasteiger partial charge < -0.3 is 14.2 Å². The summed E-state index contributed by atoms with van der Waals surface area (Å²) in [6.07, 6.45) is 7.74. The van der Waals surface area contributed by atoms with E-state index < -0.39 is 0 Å². The van der Waals surface area contributed by atoms with Gasteiger partial charge >= 0.3 is 0 Å². The molecule has 3 heteroatoms. The van der Waals surface area contributed by atoms with E-state index in [0.29, 0.717) is 36.6 Å². The zero-order chi connectivity index (χ0) is 8.41. The Morgan fingerprint density at radius 1 is 0.692 bits per heavy atom. The molecule has 2 aliphatic heterocycles. The van der Waals surface area contributed by atoms with Gasteiger partial charge in [0, 0.05) is 25.7 Å². The van der Waals surface area contributed by atoms with Crippen LogP contribution in [0.4, 0.5) is 0 Å². The van der Waals surface area contributed by atoms with Crippen LogP contribution in [0.25, 0.3) is 0 Å². The summed E-state index contributed by atoms with van der Waals surface area (Å²) in [5.74, 6) is 0. The molecule has 0 amide bonds. The van der Waals surface area contributed by atoms with Gasteiger partial charge in [-0.05, 0) is 0 Å². The number of rotatable bonds is 2. The summed E-state index contributed by atoms with van der Waals surface area (Å²) in [7, 11) is 0. The largest absolute Gasteiger partial charge is 0.375 e. The molecule has 0 spiro atoms. The van der Waals surface area contributed by atoms with Crippen molar-refractivity contribution in [3.05, 3.63) is 0 Å². The summed E-state index contributed by atoms with van der Waals surface area (Å²) < 4.78 is 16.8. The molecule has 0 N–H and O–H groups in total. The summed E-state index contributed by atoms with van der Waals surface area (Å²) in [6.45, 7) is 0. The van der Waals surface area contributed by atoms with Crippen molar-refractivity contribution in [3.63, 3.8) is 0 Å². The Hall–Kier alpha value is -0.120. The second kappa shape index (κ2) is 2.27. The number of fused-ring (bicyclic) bond motifs is 2. The fourth-order valence-corrected chi connectivity index (χ4v) is 2.91. The minimum absolute atomic E-state index is 0.492. The Labute approximate surface area is 77.3 Å². The first kappa shape index (κ1) is 7.21. The molecule has 4 aliphatic rings. The van der Waals surface area contributed by atoms with Gasteiger partial charge in [0.15, 0.2) is 0 Å². The quantitative estimate of drug-likeness (QED) is 0.594. The molecule has 0 bridgehead atoms. The van der Waals surface area contributed by atoms with Crippen molar-refractivity contribution in [3.8, 4) is 0 Å². The Balaban J connectivity index is 1.33. The number of hydrogen-bond acceptors (Lipinski definition) is 3. The predicted molar refractivity (Wildman–Crippen MR) is 44.5 cm³/mol. The van der Waals surface area contributed by atoms with Crippen LogP contribution in [-0.4, -0.2) is 36.6 Å². The van der Waals surface area contributed by atoms with Crippen molar-refractivity contribution in [2.24, 2.45) is 0 Å². The highest BCUT2D eigenvalue weighted by atomic mass is 16.6. The van der Waals surface area contributed by atoms with E-state index in [-0.39, 0.29) is 0 Å². The molecule has 4 atom stereocenters. The maximum absolute atomic E-state index is 6.01. The molecular weight excluding hydrogens is 168 g/mol. The predicted octanol–water partition coefficient (Wildman–Crippen LogP) is 0.863. The number of epoxide rings is 2. The Morgan fingerprint density at radius 2 is 1.08 bits per heavy atom. The minimum atomic E-state index is 0.492. The summed E-state index contributed by atoms with van der Waals surface area (Å²) in [4.78, 5) is 0. The second-order valence-corrected chi connectivity index (χ2v) is 4.75. The molecule has 0 aromatic rings. The third-order valence-electron chi connectivity index (χ3n) is 3.74. The molecule has 13 heavy (non-hydrogen) atoms. The molecule has 0 aromatic carbocycles. The van der Waals surface area contributed by atoms with E-state index in [9.17, 15) is 0 Å². The minimum Gasteiger partial charge on any atom is -0.375 e. The van der Waals surface area contributed by atoms with Gasteiger partial charge in [-0.1, -0.05) is 0 Å². The van der Waals surface area contributed by atoms with Crippen molar-refractivity contribution in [2.45, 2.75) is 62.3 Å². The zero-order valence-electron chi connectivity index (χ0n) is 7.52. The molecule has 2 aliphatic carbocycles. The van der Waals surface area contributed by atoms with E-state index >= 15 is 0 Å². The van der Waals surface area contributed by atoms with Gasteiger partial charge in [-0.25, -0.2) is 0 Å². The van der Waals surface area contributed by atoms with Gasteiger partial charge in [0.05, 0.1) is 36.6 Å². The smallest absolute Gasteiger partial charge is 0.0867 e. The van der Waals surface area contributed by atoms with Gasteiger partial charge in [0.1, 0.15) is 0 Å². The van der Waals surface area contributed by atoms with Crippen molar-refractivity contribution in [2.75, 3.05) is 0 Å². The maximum atomic E-state index is 6.01. The van der Waals surface area contributed by atoms with Gasteiger partial charge in [-0.2, -0.15) is 0 Å². The first-order valence-electron chi connectivity index (χ1n) is 5.35. The summed E-state index contributed by atoms with van der Waals surface area (Å²) in [5, 5.41) is 0. The molecule has 4 fully saturated rings. The number of hydrogen-bond donors (Lipinski definition) is 0. The maximum Gasteiger partial charge on any atom is 0.0867 e. The summed E-state index contributed by atoms with van der Waals surface area (Å²) >= 11 is 0. The Kier molecular flexibility index (Phi) is 1.26. The van der Waals surface area contributed by atoms with E-state index in [1.807, 2.05) is 0 Å². The van der Waals surface area contributed by atoms with Crippen LogP contribution in [0.15, 0.2) is 0 Å². The van der Waals surface area contributed by atoms with E-state index in [1.165, 1.54) is 0 Å². The molecular formula is C10H14O3. The van der Waals surface area contributed by atoms with Gasteiger partial charge in [0.25, 0.3) is 0 Å². The van der Waals surface area contributed by atoms with Crippen LogP contribution in [0.1, 0.15) is 25.7 Å². The lowest BCUT2D eigenvalue weighted by molar-refractivity contribution is -0.0348. The van der Waals surface area contributed by atoms with Crippen LogP contribution >= 0.6 is 0 Å². The fraction of sp³-hybridized carbons (Fsp3) is 1.00. The normalized spacial score (nSPS) is 61.8. The molecule has 2 saturated carbocycles. The molecule has 2 heterocycles. The molecule has 3 nitrogen and oxygen atoms in total. The highest BCUT2D eigenvalue weighted by molar-refractivity contribution is 5.00. The topological polar surface area (TPSA) is 34.3 Å². The lowest BCUT2D eigenvalue weighted by Gasteiger charge is -2.19. The summed E-state index contributed by atoms with van der Waals surface area (Å²) in [6, 6.07) is 0. The van der Waals surface area contributed by atoms with Gasteiger partial charge in [-0.3, -0.25) is 0 Å². The van der Waals surface area contributed by atoms with Crippen LogP contribution in [0.5, 0.6) is 0 Å². The van der Waals surface area contributed by atoms with Crippen LogP contribution in [0.2, 0.25) is 0 Å². The average molecular weight is 182 g/mol. The van der Waals surface area contributed by atoms with Crippen LogP contribution in [-0.2, 0) is 14.2 Å². The molecule has 4 rings (SSSR count). The van der Waals surface area contributed by atoms with E-state index in [1.54, 1.807) is 0 Å². The molecule has 4 unspecified atom stereocenters. The highest BCUT2D eigenvalue weighted by Crippen LogP contribution is 2.44. The second-order valence-electron chi connectivity index (χ2n) is 4.75. The molecule has 0 aromatic heterocycles. The van der Waals surface area contributed by atoms with Crippen molar-refractivity contribution in [1.29, 1.82) is 0 Å². The monoisotopic (exact) mass is 182 g/mol. The van der Waals surface area contributed by atoms with E-state index in [4.69, 9.17) is 14.2 Å². The van der Waals surface area contributed by atoms with Crippen molar-refractivity contribution >= 4 is 0 Å². The zero-order valence-corrected chi connectivity index (χ0v) is 7.52. The first-order chi connectivity index (χ1) is 6.38. The van der Waals surface area contributed by atoms with Crippen LogP contribution < -0.4 is 0 Å². The van der Waals surface area contributed by atoms with Crippen LogP contribution in [0, 0.1) is 0 Å². The molecule has 72 valence electrons. The Bertz CT molecular complexity index is 198. The van der Waals surface area contributed by atoms with Crippen LogP contribution in [0.3, 0.4) is 0 Å². The average Bonchev–Trinajstić information content (AvgIpc) is 2.93. The van der Waals surface area contributed by atoms with Gasteiger partial charge in [0.2, 0.25) is 0 Å². The van der Waals surface area contributed by atoms with Gasteiger partial charge in [-0.15, -0.1) is 0 Å². The summed E-state index contributed by atoms with van der Waals surface area (Å²) in [5.41, 5.74) is 0. The lowest BCUT2D eigenvalue weighted by atomic mass is 10.2. The van der Waals surface area contributed by atoms with E-state index in [2.05, 4.69) is 0 Å². The lowest BCUT2D eigenvalue weighted by Crippen LogP contribution is -2.21. The highest BCUT2D eigenvalue weighted by Gasteiger charge is 2.52. The van der Waals surface area contributed by atoms with Crippen molar-refractivity contribution in [1.82, 2.24) is 0 Å².